The monoisotopic (exact) mass is 444 g/mol. The number of rotatable bonds is 9. The number of halogens is 2. The van der Waals surface area contributed by atoms with Crippen molar-refractivity contribution >= 4 is 23.4 Å². The predicted octanol–water partition coefficient (Wildman–Crippen LogP) is 4.67. The van der Waals surface area contributed by atoms with Crippen LogP contribution in [0.25, 0.3) is 0 Å². The third-order valence-electron chi connectivity index (χ3n) is 4.34. The minimum atomic E-state index is -1.02. The van der Waals surface area contributed by atoms with E-state index in [1.165, 1.54) is 17.8 Å². The molecule has 0 saturated heterocycles. The first-order valence-corrected chi connectivity index (χ1v) is 10.5. The van der Waals surface area contributed by atoms with E-state index in [9.17, 15) is 13.6 Å². The van der Waals surface area contributed by atoms with E-state index >= 15 is 0 Å². The summed E-state index contributed by atoms with van der Waals surface area (Å²) in [4.78, 5) is 12.2. The van der Waals surface area contributed by atoms with Gasteiger partial charge in [-0.05, 0) is 43.2 Å². The maximum absolute atomic E-state index is 13.3. The molecule has 0 atom stereocenters. The van der Waals surface area contributed by atoms with Crippen molar-refractivity contribution < 1.29 is 18.3 Å². The lowest BCUT2D eigenvalue weighted by Crippen LogP contribution is -2.15. The van der Waals surface area contributed by atoms with Crippen LogP contribution in [0.2, 0.25) is 0 Å². The molecule has 6 nitrogen and oxygen atoms in total. The predicted molar refractivity (Wildman–Crippen MR) is 116 cm³/mol. The van der Waals surface area contributed by atoms with Gasteiger partial charge in [-0.25, -0.2) is 8.78 Å². The summed E-state index contributed by atoms with van der Waals surface area (Å²) >= 11 is 1.18. The molecule has 1 heterocycles. The summed E-state index contributed by atoms with van der Waals surface area (Å²) in [5.41, 5.74) is 2.29. The molecule has 0 radical (unpaired) electrons. The van der Waals surface area contributed by atoms with Crippen LogP contribution in [0, 0.1) is 25.5 Å². The molecule has 0 aliphatic heterocycles. The molecule has 162 valence electrons. The zero-order valence-corrected chi connectivity index (χ0v) is 18.0. The van der Waals surface area contributed by atoms with E-state index < -0.39 is 11.6 Å². The van der Waals surface area contributed by atoms with E-state index in [0.29, 0.717) is 17.5 Å². The van der Waals surface area contributed by atoms with Gasteiger partial charge in [-0.3, -0.25) is 9.36 Å². The van der Waals surface area contributed by atoms with Crippen molar-refractivity contribution in [2.45, 2.75) is 32.2 Å². The Morgan fingerprint density at radius 3 is 2.74 bits per heavy atom. The molecule has 2 aromatic carbocycles. The fourth-order valence-electron chi connectivity index (χ4n) is 2.75. The van der Waals surface area contributed by atoms with Gasteiger partial charge in [0.15, 0.2) is 22.6 Å². The highest BCUT2D eigenvalue weighted by atomic mass is 32.2. The molecule has 0 bridgehead atoms. The van der Waals surface area contributed by atoms with Crippen molar-refractivity contribution in [2.75, 3.05) is 11.1 Å². The van der Waals surface area contributed by atoms with Gasteiger partial charge in [0.05, 0.1) is 5.75 Å². The molecule has 9 heteroatoms. The topological polar surface area (TPSA) is 69.0 Å². The number of carbonyl (C=O) groups is 1. The minimum Gasteiger partial charge on any atom is -0.485 e. The van der Waals surface area contributed by atoms with Crippen molar-refractivity contribution in [3.8, 4) is 5.75 Å². The van der Waals surface area contributed by atoms with Gasteiger partial charge in [-0.1, -0.05) is 30.0 Å². The number of amides is 1. The molecule has 1 amide bonds. The van der Waals surface area contributed by atoms with Crippen molar-refractivity contribution in [1.82, 2.24) is 14.8 Å². The van der Waals surface area contributed by atoms with Gasteiger partial charge in [-0.2, -0.15) is 0 Å². The van der Waals surface area contributed by atoms with Crippen molar-refractivity contribution in [3.05, 3.63) is 77.6 Å². The maximum atomic E-state index is 13.3. The van der Waals surface area contributed by atoms with E-state index in [1.54, 1.807) is 6.08 Å². The first-order chi connectivity index (χ1) is 14.9. The van der Waals surface area contributed by atoms with E-state index in [4.69, 9.17) is 4.74 Å². The summed E-state index contributed by atoms with van der Waals surface area (Å²) in [6.07, 6.45) is 1.70. The zero-order valence-electron chi connectivity index (χ0n) is 17.2. The number of anilines is 1. The lowest BCUT2D eigenvalue weighted by Gasteiger charge is -2.11. The van der Waals surface area contributed by atoms with Crippen LogP contribution < -0.4 is 10.1 Å². The van der Waals surface area contributed by atoms with Crippen LogP contribution in [-0.2, 0) is 17.9 Å². The van der Waals surface area contributed by atoms with Crippen LogP contribution in [0.4, 0.5) is 14.5 Å². The normalized spacial score (nSPS) is 10.7. The molecule has 3 rings (SSSR count). The Bertz CT molecular complexity index is 1100. The second kappa shape index (κ2) is 10.2. The Balaban J connectivity index is 1.64. The number of carbonyl (C=O) groups excluding carboxylic acids is 1. The van der Waals surface area contributed by atoms with Gasteiger partial charge >= 0.3 is 0 Å². The van der Waals surface area contributed by atoms with E-state index in [1.807, 2.05) is 36.6 Å². The van der Waals surface area contributed by atoms with E-state index in [0.717, 1.165) is 29.0 Å². The second-order valence-corrected chi connectivity index (χ2v) is 7.76. The lowest BCUT2D eigenvalue weighted by molar-refractivity contribution is -0.113. The summed E-state index contributed by atoms with van der Waals surface area (Å²) in [6.45, 7) is 8.38. The molecule has 3 aromatic rings. The Kier molecular flexibility index (Phi) is 7.41. The zero-order chi connectivity index (χ0) is 22.4. The van der Waals surface area contributed by atoms with Gasteiger partial charge in [0.2, 0.25) is 5.91 Å². The Morgan fingerprint density at radius 1 is 1.19 bits per heavy atom. The summed E-state index contributed by atoms with van der Waals surface area (Å²) < 4.78 is 34.0. The van der Waals surface area contributed by atoms with Crippen LogP contribution in [0.3, 0.4) is 0 Å². The van der Waals surface area contributed by atoms with Gasteiger partial charge in [0, 0.05) is 18.3 Å². The number of hydrogen-bond donors (Lipinski definition) is 1. The largest absolute Gasteiger partial charge is 0.485 e. The molecular weight excluding hydrogens is 422 g/mol. The van der Waals surface area contributed by atoms with Crippen LogP contribution in [0.1, 0.15) is 17.0 Å². The van der Waals surface area contributed by atoms with Crippen molar-refractivity contribution in [3.63, 3.8) is 0 Å². The maximum Gasteiger partial charge on any atom is 0.234 e. The van der Waals surface area contributed by atoms with Crippen LogP contribution in [0.15, 0.2) is 54.2 Å². The smallest absolute Gasteiger partial charge is 0.234 e. The second-order valence-electron chi connectivity index (χ2n) is 6.82. The molecule has 0 saturated carbocycles. The molecular formula is C22H22F2N4O2S. The number of thioether (sulfide) groups is 1. The summed E-state index contributed by atoms with van der Waals surface area (Å²) in [7, 11) is 0. The fraction of sp³-hybridized carbons (Fsp3) is 0.227. The number of allylic oxidation sites excluding steroid dienone is 1. The van der Waals surface area contributed by atoms with Gasteiger partial charge in [-0.15, -0.1) is 16.8 Å². The third-order valence-corrected chi connectivity index (χ3v) is 5.31. The highest BCUT2D eigenvalue weighted by molar-refractivity contribution is 7.99. The third kappa shape index (κ3) is 5.91. The highest BCUT2D eigenvalue weighted by Crippen LogP contribution is 2.22. The van der Waals surface area contributed by atoms with Crippen LogP contribution in [0.5, 0.6) is 5.75 Å². The molecule has 0 fully saturated rings. The molecule has 31 heavy (non-hydrogen) atoms. The molecule has 0 spiro atoms. The fourth-order valence-corrected chi connectivity index (χ4v) is 3.52. The van der Waals surface area contributed by atoms with Crippen molar-refractivity contribution in [2.24, 2.45) is 0 Å². The summed E-state index contributed by atoms with van der Waals surface area (Å²) in [5, 5.41) is 11.4. The average Bonchev–Trinajstić information content (AvgIpc) is 3.12. The van der Waals surface area contributed by atoms with E-state index in [-0.39, 0.29) is 24.0 Å². The Morgan fingerprint density at radius 2 is 2.00 bits per heavy atom. The number of aromatic nitrogens is 3. The quantitative estimate of drug-likeness (QED) is 0.384. The highest BCUT2D eigenvalue weighted by Gasteiger charge is 2.15. The van der Waals surface area contributed by atoms with Crippen LogP contribution >= 0.6 is 11.8 Å². The lowest BCUT2D eigenvalue weighted by atomic mass is 10.1. The molecule has 0 aliphatic carbocycles. The van der Waals surface area contributed by atoms with Gasteiger partial charge in [0.1, 0.15) is 12.4 Å². The Labute approximate surface area is 183 Å². The number of nitrogens with one attached hydrogen (secondary N) is 1. The van der Waals surface area contributed by atoms with Crippen LogP contribution in [-0.4, -0.2) is 26.4 Å². The van der Waals surface area contributed by atoms with E-state index in [2.05, 4.69) is 22.1 Å². The molecule has 1 N–H and O–H groups in total. The minimum absolute atomic E-state index is 0.0200. The van der Waals surface area contributed by atoms with Crippen molar-refractivity contribution in [1.29, 1.82) is 0 Å². The number of ether oxygens (including phenoxy) is 1. The summed E-state index contributed by atoms with van der Waals surface area (Å²) in [6, 6.07) is 9.15. The molecule has 0 unspecified atom stereocenters. The van der Waals surface area contributed by atoms with Gasteiger partial charge in [0.25, 0.3) is 0 Å². The molecule has 0 aliphatic rings. The summed E-state index contributed by atoms with van der Waals surface area (Å²) in [5.74, 6) is -0.980. The first kappa shape index (κ1) is 22.5. The molecule has 1 aromatic heterocycles. The average molecular weight is 445 g/mol. The standard InChI is InChI=1S/C22H22F2N4O2S/c1-4-9-28-20(12-30-19-10-14(2)5-6-15(19)3)26-27-22(28)31-13-21(29)25-16-7-8-17(23)18(24)11-16/h4-8,10-11H,1,9,12-13H2,2-3H3,(H,25,29). The SMILES string of the molecule is C=CCn1c(COc2cc(C)ccc2C)nnc1SCC(=O)Nc1ccc(F)c(F)c1. The number of hydrogen-bond acceptors (Lipinski definition) is 5. The number of nitrogens with zero attached hydrogens (tertiary/aromatic N) is 3. The number of benzene rings is 2. The number of aryl methyl sites for hydroxylation is 2. The first-order valence-electron chi connectivity index (χ1n) is 9.48. The van der Waals surface area contributed by atoms with Gasteiger partial charge < -0.3 is 10.1 Å². The Hall–Kier alpha value is -3.20.